The van der Waals surface area contributed by atoms with Crippen molar-refractivity contribution in [2.75, 3.05) is 7.05 Å². The molecule has 0 spiro atoms. The number of amidine groups is 1. The van der Waals surface area contributed by atoms with E-state index in [1.54, 1.807) is 43.2 Å². The maximum absolute atomic E-state index is 5.48. The first-order chi connectivity index (χ1) is 12.6. The highest BCUT2D eigenvalue weighted by Gasteiger charge is 2.35. The Morgan fingerprint density at radius 1 is 1.31 bits per heavy atom. The summed E-state index contributed by atoms with van der Waals surface area (Å²) in [4.78, 5) is 6.20. The second-order valence-corrected chi connectivity index (χ2v) is 6.53. The summed E-state index contributed by atoms with van der Waals surface area (Å²) in [7, 11) is 1.94. The van der Waals surface area contributed by atoms with Gasteiger partial charge in [-0.1, -0.05) is 19.2 Å². The van der Waals surface area contributed by atoms with E-state index in [0.717, 1.165) is 17.1 Å². The van der Waals surface area contributed by atoms with E-state index in [1.165, 1.54) is 0 Å². The second kappa shape index (κ2) is 8.01. The van der Waals surface area contributed by atoms with E-state index in [-0.39, 0.29) is 5.50 Å². The van der Waals surface area contributed by atoms with E-state index in [2.05, 4.69) is 33.2 Å². The van der Waals surface area contributed by atoms with Gasteiger partial charge in [-0.15, -0.1) is 22.0 Å². The van der Waals surface area contributed by atoms with Crippen LogP contribution in [0.15, 0.2) is 71.1 Å². The first-order valence-electron chi connectivity index (χ1n) is 8.01. The highest BCUT2D eigenvalue weighted by atomic mass is 32.2. The van der Waals surface area contributed by atoms with Gasteiger partial charge in [-0.2, -0.15) is 5.10 Å². The summed E-state index contributed by atoms with van der Waals surface area (Å²) in [5.41, 5.74) is 1.79. The minimum absolute atomic E-state index is 0.0884. The molecule has 1 unspecified atom stereocenters. The molecule has 1 aliphatic heterocycles. The SMILES string of the molecule is C=C/C=C(\C=C)N1C(c2ccncc2)=NN(C)C1SCc1nnc(C)o1. The summed E-state index contributed by atoms with van der Waals surface area (Å²) in [5, 5.41) is 14.6. The Morgan fingerprint density at radius 2 is 2.08 bits per heavy atom. The summed E-state index contributed by atoms with van der Waals surface area (Å²) >= 11 is 1.64. The summed E-state index contributed by atoms with van der Waals surface area (Å²) < 4.78 is 5.48. The molecule has 0 fully saturated rings. The van der Waals surface area contributed by atoms with E-state index in [0.29, 0.717) is 17.5 Å². The van der Waals surface area contributed by atoms with E-state index < -0.39 is 0 Å². The number of aryl methyl sites for hydroxylation is 1. The summed E-state index contributed by atoms with van der Waals surface area (Å²) in [6.07, 6.45) is 8.95. The first-order valence-corrected chi connectivity index (χ1v) is 9.05. The van der Waals surface area contributed by atoms with Gasteiger partial charge in [-0.05, 0) is 24.3 Å². The van der Waals surface area contributed by atoms with Crippen LogP contribution in [0.4, 0.5) is 0 Å². The molecule has 0 saturated carbocycles. The molecule has 134 valence electrons. The predicted molar refractivity (Wildman–Crippen MR) is 103 cm³/mol. The molecule has 8 heteroatoms. The van der Waals surface area contributed by atoms with Crippen LogP contribution < -0.4 is 0 Å². The number of thioether (sulfide) groups is 1. The average molecular weight is 368 g/mol. The molecule has 0 saturated heterocycles. The van der Waals surface area contributed by atoms with Gasteiger partial charge in [0.25, 0.3) is 0 Å². The Labute approximate surface area is 156 Å². The Bertz CT molecular complexity index is 844. The van der Waals surface area contributed by atoms with Crippen molar-refractivity contribution in [1.82, 2.24) is 25.1 Å². The minimum Gasteiger partial charge on any atom is -0.425 e. The van der Waals surface area contributed by atoms with Crippen LogP contribution in [0.1, 0.15) is 17.3 Å². The van der Waals surface area contributed by atoms with Crippen LogP contribution in [0, 0.1) is 6.92 Å². The highest BCUT2D eigenvalue weighted by molar-refractivity contribution is 7.99. The van der Waals surface area contributed by atoms with Gasteiger partial charge in [0.15, 0.2) is 11.3 Å². The molecule has 7 nitrogen and oxygen atoms in total. The summed E-state index contributed by atoms with van der Waals surface area (Å²) in [5.74, 6) is 2.54. The molecule has 2 aromatic rings. The fourth-order valence-electron chi connectivity index (χ4n) is 2.56. The Hall–Kier alpha value is -2.87. The van der Waals surface area contributed by atoms with Gasteiger partial charge >= 0.3 is 0 Å². The number of pyridine rings is 1. The van der Waals surface area contributed by atoms with Gasteiger partial charge in [0.2, 0.25) is 11.8 Å². The Morgan fingerprint density at radius 3 is 2.69 bits per heavy atom. The molecule has 0 aromatic carbocycles. The lowest BCUT2D eigenvalue weighted by Gasteiger charge is -2.30. The molecule has 0 amide bonds. The van der Waals surface area contributed by atoms with Crippen molar-refractivity contribution in [3.63, 3.8) is 0 Å². The second-order valence-electron chi connectivity index (χ2n) is 5.49. The molecule has 26 heavy (non-hydrogen) atoms. The maximum atomic E-state index is 5.48. The molecule has 3 rings (SSSR count). The molecule has 0 bridgehead atoms. The van der Waals surface area contributed by atoms with Crippen LogP contribution in [-0.2, 0) is 5.75 Å². The number of allylic oxidation sites excluding steroid dienone is 3. The van der Waals surface area contributed by atoms with Crippen LogP contribution >= 0.6 is 11.8 Å². The molecular weight excluding hydrogens is 348 g/mol. The number of aromatic nitrogens is 3. The van der Waals surface area contributed by atoms with E-state index in [4.69, 9.17) is 9.52 Å². The average Bonchev–Trinajstić information content (AvgIpc) is 3.21. The van der Waals surface area contributed by atoms with E-state index in [1.807, 2.05) is 30.3 Å². The van der Waals surface area contributed by atoms with Gasteiger partial charge in [0.05, 0.1) is 5.75 Å². The number of rotatable bonds is 7. The van der Waals surface area contributed by atoms with Crippen molar-refractivity contribution in [2.45, 2.75) is 18.2 Å². The molecule has 1 aliphatic rings. The van der Waals surface area contributed by atoms with Crippen LogP contribution in [0.2, 0.25) is 0 Å². The Kier molecular flexibility index (Phi) is 5.52. The fraction of sp³-hybridized carbons (Fsp3) is 0.222. The summed E-state index contributed by atoms with van der Waals surface area (Å²) in [6, 6.07) is 3.87. The third-order valence-electron chi connectivity index (χ3n) is 3.66. The number of hydrogen-bond acceptors (Lipinski definition) is 8. The van der Waals surface area contributed by atoms with Gasteiger partial charge in [-0.3, -0.25) is 14.9 Å². The molecule has 0 N–H and O–H groups in total. The normalized spacial score (nSPS) is 17.4. The zero-order chi connectivity index (χ0) is 18.5. The zero-order valence-corrected chi connectivity index (χ0v) is 15.6. The van der Waals surface area contributed by atoms with Crippen LogP contribution in [0.3, 0.4) is 0 Å². The fourth-order valence-corrected chi connectivity index (χ4v) is 3.60. The van der Waals surface area contributed by atoms with Crippen molar-refractivity contribution in [1.29, 1.82) is 0 Å². The first kappa shape index (κ1) is 17.9. The van der Waals surface area contributed by atoms with Crippen molar-refractivity contribution in [3.05, 3.63) is 79.0 Å². The van der Waals surface area contributed by atoms with Crippen LogP contribution in [0.25, 0.3) is 0 Å². The van der Waals surface area contributed by atoms with Gasteiger partial charge in [-0.25, -0.2) is 0 Å². The largest absolute Gasteiger partial charge is 0.425 e. The van der Waals surface area contributed by atoms with Gasteiger partial charge in [0, 0.05) is 37.6 Å². The molecule has 0 radical (unpaired) electrons. The lowest BCUT2D eigenvalue weighted by atomic mass is 10.2. The van der Waals surface area contributed by atoms with Crippen molar-refractivity contribution < 1.29 is 4.42 Å². The van der Waals surface area contributed by atoms with E-state index in [9.17, 15) is 0 Å². The minimum atomic E-state index is -0.0884. The van der Waals surface area contributed by atoms with Crippen LogP contribution in [0.5, 0.6) is 0 Å². The smallest absolute Gasteiger partial charge is 0.226 e. The molecule has 2 aromatic heterocycles. The zero-order valence-electron chi connectivity index (χ0n) is 14.7. The molecule has 1 atom stereocenters. The monoisotopic (exact) mass is 368 g/mol. The van der Waals surface area contributed by atoms with E-state index >= 15 is 0 Å². The highest BCUT2D eigenvalue weighted by Crippen LogP contribution is 2.33. The topological polar surface area (TPSA) is 70.7 Å². The number of nitrogens with zero attached hydrogens (tertiary/aromatic N) is 6. The van der Waals surface area contributed by atoms with Gasteiger partial charge in [0.1, 0.15) is 0 Å². The lowest BCUT2D eigenvalue weighted by Crippen LogP contribution is -2.38. The van der Waals surface area contributed by atoms with Gasteiger partial charge < -0.3 is 4.42 Å². The lowest BCUT2D eigenvalue weighted by molar-refractivity contribution is 0.275. The summed E-state index contributed by atoms with van der Waals surface area (Å²) in [6.45, 7) is 9.52. The third kappa shape index (κ3) is 3.70. The predicted octanol–water partition coefficient (Wildman–Crippen LogP) is 3.15. The molecule has 3 heterocycles. The molecular formula is C18H20N6OS. The van der Waals surface area contributed by atoms with Crippen molar-refractivity contribution in [2.24, 2.45) is 5.10 Å². The number of hydrogen-bond donors (Lipinski definition) is 0. The van der Waals surface area contributed by atoms with Crippen molar-refractivity contribution >= 4 is 17.6 Å². The van der Waals surface area contributed by atoms with Crippen LogP contribution in [-0.4, -0.2) is 43.5 Å². The maximum Gasteiger partial charge on any atom is 0.226 e. The Balaban J connectivity index is 1.91. The number of hydrazone groups is 1. The molecule has 0 aliphatic carbocycles. The quantitative estimate of drug-likeness (QED) is 0.695. The van der Waals surface area contributed by atoms with Crippen molar-refractivity contribution in [3.8, 4) is 0 Å². The third-order valence-corrected chi connectivity index (χ3v) is 4.89. The standard InChI is InChI=1S/C18H20N6OS/c1-5-7-15(6-2)24-17(14-8-10-19-11-9-14)22-23(4)18(24)26-12-16-21-20-13(3)25-16/h5-11,18H,1-2,12H2,3-4H3/b15-7+.